The second-order valence-electron chi connectivity index (χ2n) is 7.50. The third kappa shape index (κ3) is 3.50. The first-order valence-electron chi connectivity index (χ1n) is 9.03. The molecule has 0 fully saturated rings. The summed E-state index contributed by atoms with van der Waals surface area (Å²) in [7, 11) is -2.31. The molecule has 9 heteroatoms. The molecule has 0 aliphatic heterocycles. The van der Waals surface area contributed by atoms with E-state index in [1.165, 1.54) is 31.6 Å². The number of fused-ring (bicyclic) bond motifs is 1. The van der Waals surface area contributed by atoms with Gasteiger partial charge in [0.05, 0.1) is 36.0 Å². The maximum absolute atomic E-state index is 14.5. The van der Waals surface area contributed by atoms with Gasteiger partial charge in [0.25, 0.3) is 0 Å². The van der Waals surface area contributed by atoms with E-state index in [1.54, 1.807) is 38.2 Å². The summed E-state index contributed by atoms with van der Waals surface area (Å²) in [6.45, 7) is 6.86. The van der Waals surface area contributed by atoms with E-state index in [1.807, 2.05) is 0 Å². The summed E-state index contributed by atoms with van der Waals surface area (Å²) in [6, 6.07) is 4.39. The van der Waals surface area contributed by atoms with Crippen LogP contribution in [0.25, 0.3) is 16.9 Å². The minimum atomic E-state index is -3.71. The second-order valence-corrected chi connectivity index (χ2v) is 10.2. The predicted octanol–water partition coefficient (Wildman–Crippen LogP) is 3.70. The lowest BCUT2D eigenvalue weighted by Gasteiger charge is -2.21. The van der Waals surface area contributed by atoms with Gasteiger partial charge in [-0.15, -0.1) is 0 Å². The average Bonchev–Trinajstić information content (AvgIpc) is 3.05. The Hall–Kier alpha value is -2.81. The highest BCUT2D eigenvalue weighted by molar-refractivity contribution is 7.92. The summed E-state index contributed by atoms with van der Waals surface area (Å²) < 4.78 is 51.7. The second kappa shape index (κ2) is 7.22. The van der Waals surface area contributed by atoms with Crippen molar-refractivity contribution < 1.29 is 22.3 Å². The zero-order valence-electron chi connectivity index (χ0n) is 17.0. The highest BCUT2D eigenvalue weighted by atomic mass is 32.2. The van der Waals surface area contributed by atoms with Crippen LogP contribution in [0.1, 0.15) is 27.7 Å². The Kier molecular flexibility index (Phi) is 5.20. The van der Waals surface area contributed by atoms with Gasteiger partial charge in [-0.3, -0.25) is 4.40 Å². The number of methoxy groups -OCH3 is 1. The van der Waals surface area contributed by atoms with E-state index < -0.39 is 20.4 Å². The Balaban J connectivity index is 2.26. The first-order valence-corrected chi connectivity index (χ1v) is 10.5. The van der Waals surface area contributed by atoms with Gasteiger partial charge in [-0.05, 0) is 39.8 Å². The molecule has 156 valence electrons. The SMILES string of the molecule is CCOc1c(N)cc(-c2cnc3cc(OC)c(S(=O)(=O)C(C)(C)C)cn23)cc1F. The summed E-state index contributed by atoms with van der Waals surface area (Å²) in [5.74, 6) is -0.419. The van der Waals surface area contributed by atoms with Crippen molar-refractivity contribution in [1.29, 1.82) is 0 Å². The van der Waals surface area contributed by atoms with Gasteiger partial charge in [-0.1, -0.05) is 0 Å². The number of nitrogens with zero attached hydrogens (tertiary/aromatic N) is 2. The van der Waals surface area contributed by atoms with Crippen molar-refractivity contribution >= 4 is 21.2 Å². The Bertz CT molecular complexity index is 1160. The zero-order valence-corrected chi connectivity index (χ0v) is 17.8. The zero-order chi connectivity index (χ0) is 21.6. The lowest BCUT2D eigenvalue weighted by molar-refractivity contribution is 0.323. The number of nitrogen functional groups attached to an aromatic ring is 1. The third-order valence-electron chi connectivity index (χ3n) is 4.55. The number of nitrogens with two attached hydrogens (primary N) is 1. The lowest BCUT2D eigenvalue weighted by atomic mass is 10.1. The van der Waals surface area contributed by atoms with Crippen molar-refractivity contribution in [2.45, 2.75) is 37.3 Å². The van der Waals surface area contributed by atoms with E-state index in [0.717, 1.165) is 0 Å². The van der Waals surface area contributed by atoms with Crippen LogP contribution in [0.2, 0.25) is 0 Å². The summed E-state index contributed by atoms with van der Waals surface area (Å²) >= 11 is 0. The van der Waals surface area contributed by atoms with Crippen LogP contribution in [-0.4, -0.2) is 36.3 Å². The van der Waals surface area contributed by atoms with Crippen LogP contribution in [0.15, 0.2) is 35.5 Å². The van der Waals surface area contributed by atoms with E-state index in [0.29, 0.717) is 16.9 Å². The monoisotopic (exact) mass is 421 g/mol. The summed E-state index contributed by atoms with van der Waals surface area (Å²) in [6.07, 6.45) is 2.97. The molecule has 0 saturated carbocycles. The molecule has 0 radical (unpaired) electrons. The molecule has 0 aliphatic carbocycles. The molecule has 0 unspecified atom stereocenters. The Labute approximate surface area is 169 Å². The van der Waals surface area contributed by atoms with Crippen LogP contribution in [-0.2, 0) is 9.84 Å². The van der Waals surface area contributed by atoms with Gasteiger partial charge in [-0.2, -0.15) is 0 Å². The number of hydrogen-bond acceptors (Lipinski definition) is 6. The number of imidazole rings is 1. The minimum Gasteiger partial charge on any atom is -0.495 e. The van der Waals surface area contributed by atoms with Crippen molar-refractivity contribution in [3.63, 3.8) is 0 Å². The van der Waals surface area contributed by atoms with Crippen molar-refractivity contribution in [1.82, 2.24) is 9.38 Å². The number of rotatable bonds is 5. The number of halogens is 1. The molecule has 2 heterocycles. The van der Waals surface area contributed by atoms with Crippen molar-refractivity contribution in [2.24, 2.45) is 0 Å². The molecule has 0 saturated heterocycles. The molecule has 29 heavy (non-hydrogen) atoms. The molecule has 3 rings (SSSR count). The van der Waals surface area contributed by atoms with Gasteiger partial charge in [0.1, 0.15) is 16.3 Å². The Morgan fingerprint density at radius 1 is 1.24 bits per heavy atom. The number of anilines is 1. The predicted molar refractivity (Wildman–Crippen MR) is 110 cm³/mol. The highest BCUT2D eigenvalue weighted by Gasteiger charge is 2.34. The van der Waals surface area contributed by atoms with E-state index in [4.69, 9.17) is 15.2 Å². The highest BCUT2D eigenvalue weighted by Crippen LogP contribution is 2.36. The minimum absolute atomic E-state index is 0.0114. The van der Waals surface area contributed by atoms with Gasteiger partial charge in [0.15, 0.2) is 21.4 Å². The standard InChI is InChI=1S/C20H24FN3O4S/c1-6-28-19-13(21)7-12(8-14(19)22)15-10-23-18-9-16(27-5)17(11-24(15)18)29(25,26)20(2,3)4/h7-11H,6,22H2,1-5H3. The topological polar surface area (TPSA) is 95.9 Å². The lowest BCUT2D eigenvalue weighted by Crippen LogP contribution is -2.28. The molecule has 7 nitrogen and oxygen atoms in total. The van der Waals surface area contributed by atoms with Crippen molar-refractivity contribution in [3.05, 3.63) is 36.4 Å². The van der Waals surface area contributed by atoms with Gasteiger partial charge >= 0.3 is 0 Å². The molecule has 2 aromatic heterocycles. The van der Waals surface area contributed by atoms with E-state index in [2.05, 4.69) is 4.98 Å². The molecule has 2 N–H and O–H groups in total. The molecule has 0 atom stereocenters. The number of benzene rings is 1. The number of ether oxygens (including phenoxy) is 2. The molecule has 0 amide bonds. The Morgan fingerprint density at radius 3 is 2.48 bits per heavy atom. The van der Waals surface area contributed by atoms with E-state index in [-0.39, 0.29) is 28.7 Å². The van der Waals surface area contributed by atoms with Crippen LogP contribution in [0, 0.1) is 5.82 Å². The molecule has 1 aromatic carbocycles. The smallest absolute Gasteiger partial charge is 0.188 e. The molecule has 0 aliphatic rings. The number of pyridine rings is 1. The van der Waals surface area contributed by atoms with Crippen LogP contribution >= 0.6 is 0 Å². The molecular formula is C20H24FN3O4S. The van der Waals surface area contributed by atoms with Crippen LogP contribution in [0.4, 0.5) is 10.1 Å². The Morgan fingerprint density at radius 2 is 1.93 bits per heavy atom. The van der Waals surface area contributed by atoms with Gasteiger partial charge in [0.2, 0.25) is 0 Å². The van der Waals surface area contributed by atoms with Gasteiger partial charge in [-0.25, -0.2) is 17.8 Å². The van der Waals surface area contributed by atoms with Crippen molar-refractivity contribution in [2.75, 3.05) is 19.5 Å². The first kappa shape index (κ1) is 20.9. The largest absolute Gasteiger partial charge is 0.495 e. The third-order valence-corrected chi connectivity index (χ3v) is 7.05. The fraction of sp³-hybridized carbons (Fsp3) is 0.350. The van der Waals surface area contributed by atoms with Gasteiger partial charge < -0.3 is 15.2 Å². The van der Waals surface area contributed by atoms with E-state index in [9.17, 15) is 12.8 Å². The average molecular weight is 421 g/mol. The fourth-order valence-electron chi connectivity index (χ4n) is 2.95. The number of sulfone groups is 1. The normalized spacial score (nSPS) is 12.3. The van der Waals surface area contributed by atoms with Crippen LogP contribution in [0.5, 0.6) is 11.5 Å². The quantitative estimate of drug-likeness (QED) is 0.631. The maximum atomic E-state index is 14.5. The summed E-state index contributed by atoms with van der Waals surface area (Å²) in [5.41, 5.74) is 7.48. The molecular weight excluding hydrogens is 397 g/mol. The fourth-order valence-corrected chi connectivity index (χ4v) is 4.26. The molecule has 3 aromatic rings. The molecule has 0 bridgehead atoms. The van der Waals surface area contributed by atoms with E-state index >= 15 is 0 Å². The van der Waals surface area contributed by atoms with Crippen LogP contribution in [0.3, 0.4) is 0 Å². The number of hydrogen-bond donors (Lipinski definition) is 1. The maximum Gasteiger partial charge on any atom is 0.188 e. The van der Waals surface area contributed by atoms with Crippen molar-refractivity contribution in [3.8, 4) is 22.8 Å². The number of aromatic nitrogens is 2. The summed E-state index contributed by atoms with van der Waals surface area (Å²) in [5, 5.41) is 0. The van der Waals surface area contributed by atoms with Crippen LogP contribution < -0.4 is 15.2 Å². The molecule has 0 spiro atoms. The summed E-state index contributed by atoms with van der Waals surface area (Å²) in [4.78, 5) is 4.33. The van der Waals surface area contributed by atoms with Gasteiger partial charge in [0, 0.05) is 17.8 Å². The first-order chi connectivity index (χ1) is 13.5.